The molecule has 1 aromatic carbocycles. The number of para-hydroxylation sites is 1. The summed E-state index contributed by atoms with van der Waals surface area (Å²) in [6.45, 7) is 8.59. The number of fused-ring (bicyclic) bond motifs is 3. The summed E-state index contributed by atoms with van der Waals surface area (Å²) in [7, 11) is 1.85. The summed E-state index contributed by atoms with van der Waals surface area (Å²) < 4.78 is 26.4. The zero-order valence-electron chi connectivity index (χ0n) is 27.8. The van der Waals surface area contributed by atoms with E-state index in [0.29, 0.717) is 60.6 Å². The Morgan fingerprint density at radius 1 is 1.12 bits per heavy atom. The van der Waals surface area contributed by atoms with Crippen LogP contribution >= 0.6 is 0 Å². The lowest BCUT2D eigenvalue weighted by Gasteiger charge is -2.53. The fraction of sp³-hybridized carbons (Fsp3) is 0.417. The average Bonchev–Trinajstić information content (AvgIpc) is 3.80. The Bertz CT molecular complexity index is 2130. The molecular formula is C36H37N7O6. The van der Waals surface area contributed by atoms with E-state index >= 15 is 0 Å². The third-order valence-corrected chi connectivity index (χ3v) is 9.67. The molecule has 3 fully saturated rings. The van der Waals surface area contributed by atoms with Crippen LogP contribution in [0.2, 0.25) is 0 Å². The van der Waals surface area contributed by atoms with Crippen LogP contribution in [0.5, 0.6) is 5.88 Å². The van der Waals surface area contributed by atoms with Gasteiger partial charge in [-0.25, -0.2) is 19.7 Å². The van der Waals surface area contributed by atoms with Crippen molar-refractivity contribution in [1.29, 1.82) is 0 Å². The molecule has 3 aliphatic rings. The van der Waals surface area contributed by atoms with Crippen LogP contribution in [0.3, 0.4) is 0 Å². The molecule has 252 valence electrons. The van der Waals surface area contributed by atoms with Crippen LogP contribution in [0, 0.1) is 11.8 Å². The normalized spacial score (nSPS) is 21.7. The predicted molar refractivity (Wildman–Crippen MR) is 181 cm³/mol. The number of anilines is 2. The molecule has 1 N–H and O–H groups in total. The molecule has 4 aromatic heterocycles. The Hall–Kier alpha value is -5.19. The molecule has 1 spiro atoms. The predicted octanol–water partition coefficient (Wildman–Crippen LogP) is 4.13. The van der Waals surface area contributed by atoms with Crippen LogP contribution in [-0.2, 0) is 21.3 Å². The molecule has 0 amide bonds. The van der Waals surface area contributed by atoms with E-state index in [4.69, 9.17) is 33.6 Å². The number of carboxylic acids is 1. The number of carbonyl (C=O) groups is 1. The van der Waals surface area contributed by atoms with E-state index in [0.717, 1.165) is 22.2 Å². The first-order valence-electron chi connectivity index (χ1n) is 16.5. The lowest BCUT2D eigenvalue weighted by atomic mass is 9.90. The number of hydrogen-bond donors (Lipinski definition) is 1. The monoisotopic (exact) mass is 663 g/mol. The summed E-state index contributed by atoms with van der Waals surface area (Å²) in [6.07, 6.45) is 4.98. The highest BCUT2D eigenvalue weighted by Crippen LogP contribution is 2.41. The van der Waals surface area contributed by atoms with Crippen LogP contribution in [0.4, 0.5) is 11.5 Å². The Morgan fingerprint density at radius 2 is 1.94 bits per heavy atom. The minimum atomic E-state index is -0.969. The van der Waals surface area contributed by atoms with Crippen LogP contribution in [0.1, 0.15) is 50.1 Å². The SMILES string of the molecule is CC(C)c1nc(N2C[C@@H](Oc3ncc(C#Cc4cnn(C)c4)cc3N3CCOC4(COC4)[C@@H]3C)C[C@H]2C(=O)O)c2oc3ccccc3c2n1. The first-order chi connectivity index (χ1) is 23.7. The van der Waals surface area contributed by atoms with Gasteiger partial charge in [-0.15, -0.1) is 0 Å². The summed E-state index contributed by atoms with van der Waals surface area (Å²) in [5.74, 6) is 6.90. The smallest absolute Gasteiger partial charge is 0.326 e. The van der Waals surface area contributed by atoms with E-state index in [-0.39, 0.29) is 24.9 Å². The maximum atomic E-state index is 12.8. The molecule has 7 heterocycles. The number of rotatable bonds is 6. The van der Waals surface area contributed by atoms with Gasteiger partial charge in [0.05, 0.1) is 44.2 Å². The maximum absolute atomic E-state index is 12.8. The van der Waals surface area contributed by atoms with Gasteiger partial charge in [-0.1, -0.05) is 37.8 Å². The highest BCUT2D eigenvalue weighted by molar-refractivity contribution is 6.06. The number of furan rings is 1. The number of nitrogens with zero attached hydrogens (tertiary/aromatic N) is 7. The fourth-order valence-corrected chi connectivity index (χ4v) is 6.89. The number of aryl methyl sites for hydroxylation is 1. The Kier molecular flexibility index (Phi) is 7.65. The van der Waals surface area contributed by atoms with E-state index in [9.17, 15) is 9.90 Å². The molecule has 0 unspecified atom stereocenters. The molecule has 13 nitrogen and oxygen atoms in total. The van der Waals surface area contributed by atoms with E-state index < -0.39 is 23.7 Å². The lowest BCUT2D eigenvalue weighted by Crippen LogP contribution is -2.68. The molecule has 0 radical (unpaired) electrons. The molecule has 5 aromatic rings. The van der Waals surface area contributed by atoms with Gasteiger partial charge < -0.3 is 33.5 Å². The van der Waals surface area contributed by atoms with Crippen molar-refractivity contribution >= 4 is 39.5 Å². The summed E-state index contributed by atoms with van der Waals surface area (Å²) in [6, 6.07) is 8.73. The quantitative estimate of drug-likeness (QED) is 0.261. The van der Waals surface area contributed by atoms with Gasteiger partial charge >= 0.3 is 5.97 Å². The Labute approximate surface area is 282 Å². The molecule has 0 aliphatic carbocycles. The van der Waals surface area contributed by atoms with Crippen LogP contribution in [0.15, 0.2) is 53.3 Å². The largest absolute Gasteiger partial charge is 0.480 e. The second-order valence-corrected chi connectivity index (χ2v) is 13.3. The van der Waals surface area contributed by atoms with Crippen molar-refractivity contribution < 1.29 is 28.5 Å². The van der Waals surface area contributed by atoms with E-state index in [1.54, 1.807) is 22.0 Å². The van der Waals surface area contributed by atoms with Crippen molar-refractivity contribution in [3.05, 3.63) is 65.9 Å². The summed E-state index contributed by atoms with van der Waals surface area (Å²) >= 11 is 0. The summed E-state index contributed by atoms with van der Waals surface area (Å²) in [4.78, 5) is 31.3. The second kappa shape index (κ2) is 12.0. The average molecular weight is 664 g/mol. The van der Waals surface area contributed by atoms with Crippen LogP contribution < -0.4 is 14.5 Å². The first-order valence-corrected chi connectivity index (χ1v) is 16.5. The van der Waals surface area contributed by atoms with Gasteiger partial charge in [-0.3, -0.25) is 4.68 Å². The zero-order chi connectivity index (χ0) is 33.9. The van der Waals surface area contributed by atoms with Crippen molar-refractivity contribution in [2.45, 2.75) is 56.9 Å². The minimum Gasteiger partial charge on any atom is -0.480 e. The molecule has 3 aliphatic heterocycles. The second-order valence-electron chi connectivity index (χ2n) is 13.3. The number of hydrogen-bond acceptors (Lipinski definition) is 11. The van der Waals surface area contributed by atoms with Gasteiger partial charge in [0.2, 0.25) is 5.88 Å². The highest BCUT2D eigenvalue weighted by Gasteiger charge is 2.50. The number of pyridine rings is 1. The Morgan fingerprint density at radius 3 is 2.67 bits per heavy atom. The fourth-order valence-electron chi connectivity index (χ4n) is 6.89. The molecule has 49 heavy (non-hydrogen) atoms. The van der Waals surface area contributed by atoms with Crippen molar-refractivity contribution in [3.8, 4) is 17.7 Å². The molecule has 8 rings (SSSR count). The number of morpholine rings is 1. The number of aromatic nitrogens is 5. The van der Waals surface area contributed by atoms with Gasteiger partial charge in [0.25, 0.3) is 0 Å². The summed E-state index contributed by atoms with van der Waals surface area (Å²) in [5, 5.41) is 15.5. The molecule has 3 atom stereocenters. The molecular weight excluding hydrogens is 626 g/mol. The number of carboxylic acid groups (broad SMARTS) is 1. The van der Waals surface area contributed by atoms with Crippen molar-refractivity contribution in [2.75, 3.05) is 42.7 Å². The van der Waals surface area contributed by atoms with Crippen molar-refractivity contribution in [2.24, 2.45) is 7.05 Å². The van der Waals surface area contributed by atoms with Gasteiger partial charge in [0.15, 0.2) is 11.4 Å². The number of benzene rings is 1. The highest BCUT2D eigenvalue weighted by atomic mass is 16.6. The molecule has 3 saturated heterocycles. The van der Waals surface area contributed by atoms with Gasteiger partial charge in [-0.2, -0.15) is 5.10 Å². The number of aliphatic carboxylic acids is 1. The maximum Gasteiger partial charge on any atom is 0.326 e. The zero-order valence-corrected chi connectivity index (χ0v) is 27.8. The van der Waals surface area contributed by atoms with E-state index in [1.165, 1.54) is 0 Å². The molecule has 13 heteroatoms. The van der Waals surface area contributed by atoms with E-state index in [1.807, 2.05) is 57.4 Å². The van der Waals surface area contributed by atoms with Crippen LogP contribution in [0.25, 0.3) is 22.1 Å². The molecule has 0 saturated carbocycles. The third-order valence-electron chi connectivity index (χ3n) is 9.67. The first kappa shape index (κ1) is 31.1. The van der Waals surface area contributed by atoms with Crippen molar-refractivity contribution in [1.82, 2.24) is 24.7 Å². The number of ether oxygens (including phenoxy) is 3. The topological polar surface area (TPSA) is 141 Å². The van der Waals surface area contributed by atoms with Crippen LogP contribution in [-0.4, -0.2) is 92.5 Å². The lowest BCUT2D eigenvalue weighted by molar-refractivity contribution is -0.228. The Balaban J connectivity index is 1.15. The van der Waals surface area contributed by atoms with Gasteiger partial charge in [0, 0.05) is 49.3 Å². The standard InChI is InChI=1S/C36H37N7O6/c1-21(2)32-39-30-26-7-5-6-8-29(26)49-31(30)33(40-32)43-18-25(14-28(43)35(44)45)48-34-27(42-11-12-47-36(22(42)3)19-46-20-36)13-23(15-37-34)9-10-24-16-38-41(4)17-24/h5-8,13,15-17,21-22,25,28H,11-12,14,18-20H2,1-4H3,(H,44,45)/t22-,25-,28-/m0/s1. The summed E-state index contributed by atoms with van der Waals surface area (Å²) in [5.41, 5.74) is 3.67. The minimum absolute atomic E-state index is 0.0149. The molecule has 0 bridgehead atoms. The van der Waals surface area contributed by atoms with Crippen molar-refractivity contribution in [3.63, 3.8) is 0 Å². The van der Waals surface area contributed by atoms with Gasteiger partial charge in [-0.05, 0) is 25.1 Å². The van der Waals surface area contributed by atoms with Gasteiger partial charge in [0.1, 0.15) is 40.4 Å². The van der Waals surface area contributed by atoms with E-state index in [2.05, 4.69) is 28.8 Å². The third kappa shape index (κ3) is 5.50.